The van der Waals surface area contributed by atoms with E-state index in [4.69, 9.17) is 4.74 Å². The van der Waals surface area contributed by atoms with Gasteiger partial charge in [-0.3, -0.25) is 0 Å². The van der Waals surface area contributed by atoms with Crippen LogP contribution in [0.5, 0.6) is 5.75 Å². The van der Waals surface area contributed by atoms with Crippen LogP contribution in [-0.2, 0) is 0 Å². The average molecular weight is 343 g/mol. The predicted molar refractivity (Wildman–Crippen MR) is 109 cm³/mol. The maximum absolute atomic E-state index is 5.89. The van der Waals surface area contributed by atoms with Crippen molar-refractivity contribution in [2.45, 2.75) is 84.5 Å². The van der Waals surface area contributed by atoms with E-state index in [9.17, 15) is 0 Å². The van der Waals surface area contributed by atoms with Crippen LogP contribution in [0.15, 0.2) is 42.0 Å². The molecule has 140 valence electrons. The van der Waals surface area contributed by atoms with Gasteiger partial charge in [0.1, 0.15) is 5.75 Å². The van der Waals surface area contributed by atoms with Gasteiger partial charge < -0.3 is 4.74 Å². The molecule has 0 heterocycles. The molecule has 1 nitrogen and oxygen atoms in total. The largest absolute Gasteiger partial charge is 0.494 e. The lowest BCUT2D eigenvalue weighted by Crippen LogP contribution is -2.13. The molecule has 0 spiro atoms. The SMILES string of the molecule is CCCCC1CC=C(C(CCCC)CCCOc2ccccc2)CC1. The van der Waals surface area contributed by atoms with Crippen molar-refractivity contribution in [3.05, 3.63) is 42.0 Å². The van der Waals surface area contributed by atoms with Crippen LogP contribution in [0.1, 0.15) is 84.5 Å². The van der Waals surface area contributed by atoms with Gasteiger partial charge >= 0.3 is 0 Å². The second-order valence-electron chi connectivity index (χ2n) is 7.70. The van der Waals surface area contributed by atoms with Crippen molar-refractivity contribution in [1.82, 2.24) is 0 Å². The van der Waals surface area contributed by atoms with Gasteiger partial charge in [0, 0.05) is 0 Å². The van der Waals surface area contributed by atoms with Crippen molar-refractivity contribution in [3.8, 4) is 5.75 Å². The van der Waals surface area contributed by atoms with E-state index in [1.807, 2.05) is 18.2 Å². The van der Waals surface area contributed by atoms with E-state index >= 15 is 0 Å². The third-order valence-electron chi connectivity index (χ3n) is 5.66. The highest BCUT2D eigenvalue weighted by Crippen LogP contribution is 2.35. The molecule has 0 bridgehead atoms. The fraction of sp³-hybridized carbons (Fsp3) is 0.667. The van der Waals surface area contributed by atoms with Gasteiger partial charge in [0.15, 0.2) is 0 Å². The Balaban J connectivity index is 1.76. The normalized spacial score (nSPS) is 18.6. The fourth-order valence-electron chi connectivity index (χ4n) is 4.04. The van der Waals surface area contributed by atoms with Gasteiger partial charge in [-0.1, -0.05) is 75.8 Å². The number of benzene rings is 1. The molecule has 0 aromatic heterocycles. The third-order valence-corrected chi connectivity index (χ3v) is 5.66. The van der Waals surface area contributed by atoms with Gasteiger partial charge in [0.2, 0.25) is 0 Å². The van der Waals surface area contributed by atoms with E-state index in [0.717, 1.165) is 24.2 Å². The van der Waals surface area contributed by atoms with Crippen LogP contribution in [0.25, 0.3) is 0 Å². The van der Waals surface area contributed by atoms with E-state index < -0.39 is 0 Å². The molecule has 2 atom stereocenters. The van der Waals surface area contributed by atoms with Gasteiger partial charge in [-0.05, 0) is 62.5 Å². The lowest BCUT2D eigenvalue weighted by atomic mass is 9.79. The monoisotopic (exact) mass is 342 g/mol. The number of unbranched alkanes of at least 4 members (excludes halogenated alkanes) is 2. The van der Waals surface area contributed by atoms with Crippen molar-refractivity contribution < 1.29 is 4.74 Å². The number of allylic oxidation sites excluding steroid dienone is 2. The number of hydrogen-bond acceptors (Lipinski definition) is 1. The highest BCUT2D eigenvalue weighted by Gasteiger charge is 2.20. The van der Waals surface area contributed by atoms with Crippen LogP contribution in [0, 0.1) is 11.8 Å². The molecule has 1 aromatic carbocycles. The molecule has 2 rings (SSSR count). The Kier molecular flexibility index (Phi) is 9.77. The van der Waals surface area contributed by atoms with Gasteiger partial charge in [-0.2, -0.15) is 0 Å². The lowest BCUT2D eigenvalue weighted by Gasteiger charge is -2.27. The van der Waals surface area contributed by atoms with Gasteiger partial charge in [0.05, 0.1) is 6.61 Å². The zero-order valence-corrected chi connectivity index (χ0v) is 16.5. The minimum atomic E-state index is 0.798. The van der Waals surface area contributed by atoms with Crippen molar-refractivity contribution in [2.75, 3.05) is 6.61 Å². The maximum atomic E-state index is 5.89. The van der Waals surface area contributed by atoms with Gasteiger partial charge in [-0.15, -0.1) is 0 Å². The summed E-state index contributed by atoms with van der Waals surface area (Å²) < 4.78 is 5.89. The summed E-state index contributed by atoms with van der Waals surface area (Å²) >= 11 is 0. The summed E-state index contributed by atoms with van der Waals surface area (Å²) in [7, 11) is 0. The average Bonchev–Trinajstić information content (AvgIpc) is 2.67. The Morgan fingerprint density at radius 2 is 1.76 bits per heavy atom. The van der Waals surface area contributed by atoms with E-state index in [2.05, 4.69) is 32.1 Å². The van der Waals surface area contributed by atoms with Gasteiger partial charge in [0.25, 0.3) is 0 Å². The first kappa shape index (κ1) is 20.1. The summed E-state index contributed by atoms with van der Waals surface area (Å²) in [4.78, 5) is 0. The van der Waals surface area contributed by atoms with E-state index in [1.165, 1.54) is 70.6 Å². The van der Waals surface area contributed by atoms with Crippen molar-refractivity contribution in [1.29, 1.82) is 0 Å². The highest BCUT2D eigenvalue weighted by molar-refractivity contribution is 5.20. The zero-order chi connectivity index (χ0) is 17.7. The molecule has 1 heteroatoms. The minimum Gasteiger partial charge on any atom is -0.494 e. The summed E-state index contributed by atoms with van der Waals surface area (Å²) in [5.74, 6) is 2.76. The van der Waals surface area contributed by atoms with Crippen LogP contribution in [0.3, 0.4) is 0 Å². The zero-order valence-electron chi connectivity index (χ0n) is 16.5. The van der Waals surface area contributed by atoms with E-state index in [1.54, 1.807) is 5.57 Å². The fourth-order valence-corrected chi connectivity index (χ4v) is 4.04. The summed E-state index contributed by atoms with van der Waals surface area (Å²) in [6.07, 6.45) is 17.4. The Labute approximate surface area is 155 Å². The van der Waals surface area contributed by atoms with Crippen LogP contribution in [0.4, 0.5) is 0 Å². The lowest BCUT2D eigenvalue weighted by molar-refractivity contribution is 0.291. The number of ether oxygens (including phenoxy) is 1. The van der Waals surface area contributed by atoms with E-state index in [0.29, 0.717) is 0 Å². The first-order valence-electron chi connectivity index (χ1n) is 10.7. The maximum Gasteiger partial charge on any atom is 0.119 e. The molecule has 0 N–H and O–H groups in total. The smallest absolute Gasteiger partial charge is 0.119 e. The molecular formula is C24H38O. The quantitative estimate of drug-likeness (QED) is 0.281. The molecule has 25 heavy (non-hydrogen) atoms. The molecule has 0 fully saturated rings. The molecule has 0 aliphatic heterocycles. The molecule has 1 aliphatic rings. The number of para-hydroxylation sites is 1. The Morgan fingerprint density at radius 3 is 2.44 bits per heavy atom. The van der Waals surface area contributed by atoms with Crippen LogP contribution in [-0.4, -0.2) is 6.61 Å². The Morgan fingerprint density at radius 1 is 1.00 bits per heavy atom. The molecule has 0 amide bonds. The third kappa shape index (κ3) is 7.67. The Hall–Kier alpha value is -1.24. The van der Waals surface area contributed by atoms with Crippen LogP contribution in [0.2, 0.25) is 0 Å². The summed E-state index contributed by atoms with van der Waals surface area (Å²) in [6.45, 7) is 5.47. The summed E-state index contributed by atoms with van der Waals surface area (Å²) in [6, 6.07) is 10.2. The number of hydrogen-bond donors (Lipinski definition) is 0. The Bertz CT molecular complexity index is 476. The first-order valence-corrected chi connectivity index (χ1v) is 10.7. The second-order valence-corrected chi connectivity index (χ2v) is 7.70. The second kappa shape index (κ2) is 12.2. The number of rotatable bonds is 12. The van der Waals surface area contributed by atoms with Crippen molar-refractivity contribution >= 4 is 0 Å². The molecular weight excluding hydrogens is 304 g/mol. The highest BCUT2D eigenvalue weighted by atomic mass is 16.5. The van der Waals surface area contributed by atoms with Crippen LogP contribution >= 0.6 is 0 Å². The van der Waals surface area contributed by atoms with Gasteiger partial charge in [-0.25, -0.2) is 0 Å². The topological polar surface area (TPSA) is 9.23 Å². The molecule has 2 unspecified atom stereocenters. The predicted octanol–water partition coefficient (Wildman–Crippen LogP) is 7.57. The first-order chi connectivity index (χ1) is 12.3. The summed E-state index contributed by atoms with van der Waals surface area (Å²) in [5, 5.41) is 0. The summed E-state index contributed by atoms with van der Waals surface area (Å²) in [5.41, 5.74) is 1.76. The molecule has 0 radical (unpaired) electrons. The minimum absolute atomic E-state index is 0.798. The van der Waals surface area contributed by atoms with Crippen LogP contribution < -0.4 is 4.74 Å². The molecule has 1 aliphatic carbocycles. The van der Waals surface area contributed by atoms with Crippen molar-refractivity contribution in [3.63, 3.8) is 0 Å². The van der Waals surface area contributed by atoms with E-state index in [-0.39, 0.29) is 0 Å². The molecule has 1 aromatic rings. The van der Waals surface area contributed by atoms with Crippen molar-refractivity contribution in [2.24, 2.45) is 11.8 Å². The standard InChI is InChI=1S/C24H38O/c1-3-5-11-21-16-18-23(19-17-21)22(12-6-4-2)13-10-20-25-24-14-8-7-9-15-24/h7-9,14-15,18,21-22H,3-6,10-13,16-17,19-20H2,1-2H3. The molecule has 0 saturated heterocycles. The molecule has 0 saturated carbocycles.